The van der Waals surface area contributed by atoms with Crippen LogP contribution in [0.1, 0.15) is 33.6 Å². The molecule has 4 heteroatoms. The van der Waals surface area contributed by atoms with Crippen LogP contribution in [0.5, 0.6) is 0 Å². The van der Waals surface area contributed by atoms with Gasteiger partial charge in [0.15, 0.2) is 0 Å². The van der Waals surface area contributed by atoms with E-state index in [0.29, 0.717) is 4.75 Å². The Labute approximate surface area is 109 Å². The van der Waals surface area contributed by atoms with Crippen LogP contribution in [0.2, 0.25) is 0 Å². The maximum Gasteiger partial charge on any atom is 0.0798 e. The summed E-state index contributed by atoms with van der Waals surface area (Å²) in [5.41, 5.74) is -0.523. The van der Waals surface area contributed by atoms with Crippen molar-refractivity contribution in [3.8, 4) is 0 Å². The van der Waals surface area contributed by atoms with Crippen molar-refractivity contribution in [1.29, 1.82) is 0 Å². The lowest BCUT2D eigenvalue weighted by Crippen LogP contribution is -2.60. The molecule has 0 aromatic rings. The van der Waals surface area contributed by atoms with Crippen molar-refractivity contribution in [3.63, 3.8) is 0 Å². The fraction of sp³-hybridized carbons (Fsp3) is 1.00. The molecule has 2 heterocycles. The third kappa shape index (κ3) is 3.37. The molecule has 2 aliphatic rings. The monoisotopic (exact) mass is 258 g/mol. The quantitative estimate of drug-likeness (QED) is 0.743. The molecule has 2 aliphatic heterocycles. The van der Waals surface area contributed by atoms with E-state index >= 15 is 0 Å². The van der Waals surface area contributed by atoms with Gasteiger partial charge in [0.05, 0.1) is 11.6 Å². The molecule has 0 radical (unpaired) electrons. The Kier molecular flexibility index (Phi) is 4.08. The number of nitrogens with one attached hydrogen (secondary N) is 1. The van der Waals surface area contributed by atoms with Crippen molar-refractivity contribution in [2.45, 2.75) is 50.0 Å². The third-order valence-corrected chi connectivity index (χ3v) is 5.55. The summed E-state index contributed by atoms with van der Waals surface area (Å²) in [6, 6.07) is 0.283. The molecule has 3 nitrogen and oxygen atoms in total. The molecule has 100 valence electrons. The van der Waals surface area contributed by atoms with Crippen LogP contribution >= 0.6 is 11.8 Å². The second-order valence-corrected chi connectivity index (χ2v) is 8.02. The Morgan fingerprint density at radius 1 is 1.24 bits per heavy atom. The smallest absolute Gasteiger partial charge is 0.0798 e. The minimum Gasteiger partial charge on any atom is -0.388 e. The van der Waals surface area contributed by atoms with Gasteiger partial charge in [-0.05, 0) is 32.9 Å². The molecule has 0 aromatic heterocycles. The van der Waals surface area contributed by atoms with Crippen LogP contribution < -0.4 is 5.32 Å². The van der Waals surface area contributed by atoms with Crippen molar-refractivity contribution in [3.05, 3.63) is 0 Å². The molecule has 2 rings (SSSR count). The van der Waals surface area contributed by atoms with Gasteiger partial charge in [-0.1, -0.05) is 13.8 Å². The van der Waals surface area contributed by atoms with E-state index in [1.807, 2.05) is 6.92 Å². The number of piperidine rings is 1. The third-order valence-electron chi connectivity index (χ3n) is 4.18. The summed E-state index contributed by atoms with van der Waals surface area (Å²) in [5, 5.41) is 13.9. The first-order chi connectivity index (χ1) is 7.91. The van der Waals surface area contributed by atoms with E-state index in [1.165, 1.54) is 12.2 Å². The van der Waals surface area contributed by atoms with Crippen molar-refractivity contribution in [2.75, 3.05) is 31.9 Å². The molecule has 0 spiro atoms. The van der Waals surface area contributed by atoms with Gasteiger partial charge in [-0.25, -0.2) is 0 Å². The maximum atomic E-state index is 10.5. The standard InChI is InChI=1S/C13H26N2OS/c1-12(2)5-7-15(8-9-17-12)11-10-14-6-4-13(11,3)16/h11,14,16H,4-10H2,1-3H3. The van der Waals surface area contributed by atoms with Crippen LogP contribution in [0.3, 0.4) is 0 Å². The van der Waals surface area contributed by atoms with Gasteiger partial charge < -0.3 is 10.4 Å². The highest BCUT2D eigenvalue weighted by molar-refractivity contribution is 8.00. The SMILES string of the molecule is CC1(C)CCN(C2CNCCC2(C)O)CCS1. The maximum absolute atomic E-state index is 10.5. The molecular formula is C13H26N2OS. The molecule has 2 fully saturated rings. The number of hydrogen-bond acceptors (Lipinski definition) is 4. The van der Waals surface area contributed by atoms with Crippen LogP contribution in [0.15, 0.2) is 0 Å². The molecule has 2 N–H and O–H groups in total. The summed E-state index contributed by atoms with van der Waals surface area (Å²) in [6.07, 6.45) is 2.08. The van der Waals surface area contributed by atoms with E-state index in [0.717, 1.165) is 32.6 Å². The normalized spacial score (nSPS) is 39.9. The van der Waals surface area contributed by atoms with Gasteiger partial charge in [0.1, 0.15) is 0 Å². The fourth-order valence-electron chi connectivity index (χ4n) is 2.84. The van der Waals surface area contributed by atoms with Crippen LogP contribution in [-0.4, -0.2) is 58.3 Å². The van der Waals surface area contributed by atoms with Gasteiger partial charge in [-0.15, -0.1) is 0 Å². The molecule has 0 saturated carbocycles. The number of hydrogen-bond donors (Lipinski definition) is 2. The average Bonchev–Trinajstić information content (AvgIpc) is 2.39. The van der Waals surface area contributed by atoms with Gasteiger partial charge in [0.25, 0.3) is 0 Å². The fourth-order valence-corrected chi connectivity index (χ4v) is 3.95. The Balaban J connectivity index is 2.01. The summed E-state index contributed by atoms with van der Waals surface area (Å²) in [6.45, 7) is 10.8. The number of thioether (sulfide) groups is 1. The highest BCUT2D eigenvalue weighted by Crippen LogP contribution is 2.33. The van der Waals surface area contributed by atoms with E-state index in [9.17, 15) is 5.11 Å². The Morgan fingerprint density at radius 2 is 2.00 bits per heavy atom. The Morgan fingerprint density at radius 3 is 2.71 bits per heavy atom. The second-order valence-electron chi connectivity index (χ2n) is 6.22. The number of nitrogens with zero attached hydrogens (tertiary/aromatic N) is 1. The molecule has 17 heavy (non-hydrogen) atoms. The van der Waals surface area contributed by atoms with Crippen LogP contribution in [-0.2, 0) is 0 Å². The first-order valence-electron chi connectivity index (χ1n) is 6.72. The molecule has 0 bridgehead atoms. The molecule has 2 unspecified atom stereocenters. The average molecular weight is 258 g/mol. The lowest BCUT2D eigenvalue weighted by molar-refractivity contribution is -0.0512. The predicted octanol–water partition coefficient (Wildman–Crippen LogP) is 1.32. The Hall–Kier alpha value is 0.230. The Bertz CT molecular complexity index is 268. The lowest BCUT2D eigenvalue weighted by atomic mass is 9.88. The van der Waals surface area contributed by atoms with Gasteiger partial charge in [0.2, 0.25) is 0 Å². The summed E-state index contributed by atoms with van der Waals surface area (Å²) in [7, 11) is 0. The van der Waals surface area contributed by atoms with Gasteiger partial charge in [0, 0.05) is 23.6 Å². The van der Waals surface area contributed by atoms with Crippen LogP contribution in [0.4, 0.5) is 0 Å². The minimum atomic E-state index is -0.523. The topological polar surface area (TPSA) is 35.5 Å². The van der Waals surface area contributed by atoms with Gasteiger partial charge in [-0.3, -0.25) is 4.90 Å². The van der Waals surface area contributed by atoms with Crippen molar-refractivity contribution < 1.29 is 5.11 Å². The predicted molar refractivity (Wildman–Crippen MR) is 74.6 cm³/mol. The summed E-state index contributed by atoms with van der Waals surface area (Å²) in [5.74, 6) is 1.18. The van der Waals surface area contributed by atoms with Gasteiger partial charge in [-0.2, -0.15) is 11.8 Å². The van der Waals surface area contributed by atoms with E-state index in [4.69, 9.17) is 0 Å². The summed E-state index contributed by atoms with van der Waals surface area (Å²) in [4.78, 5) is 2.49. The van der Waals surface area contributed by atoms with Crippen molar-refractivity contribution in [2.24, 2.45) is 0 Å². The second kappa shape index (κ2) is 5.08. The van der Waals surface area contributed by atoms with Crippen molar-refractivity contribution >= 4 is 11.8 Å². The van der Waals surface area contributed by atoms with Crippen LogP contribution in [0, 0.1) is 0 Å². The van der Waals surface area contributed by atoms with Crippen LogP contribution in [0.25, 0.3) is 0 Å². The molecule has 0 aromatic carbocycles. The van der Waals surface area contributed by atoms with E-state index in [1.54, 1.807) is 0 Å². The first-order valence-corrected chi connectivity index (χ1v) is 7.70. The number of aliphatic hydroxyl groups is 1. The zero-order chi connectivity index (χ0) is 12.5. The zero-order valence-corrected chi connectivity index (χ0v) is 12.1. The molecule has 0 amide bonds. The minimum absolute atomic E-state index is 0.283. The largest absolute Gasteiger partial charge is 0.388 e. The van der Waals surface area contributed by atoms with E-state index < -0.39 is 5.60 Å². The number of rotatable bonds is 1. The molecule has 2 saturated heterocycles. The highest BCUT2D eigenvalue weighted by Gasteiger charge is 2.39. The van der Waals surface area contributed by atoms with Crippen molar-refractivity contribution in [1.82, 2.24) is 10.2 Å². The summed E-state index contributed by atoms with van der Waals surface area (Å²) < 4.78 is 0.392. The van der Waals surface area contributed by atoms with E-state index in [2.05, 4.69) is 35.8 Å². The molecular weight excluding hydrogens is 232 g/mol. The first kappa shape index (κ1) is 13.7. The lowest BCUT2D eigenvalue weighted by Gasteiger charge is -2.44. The molecule has 0 aliphatic carbocycles. The zero-order valence-electron chi connectivity index (χ0n) is 11.3. The summed E-state index contributed by atoms with van der Waals surface area (Å²) >= 11 is 2.07. The molecule has 2 atom stereocenters. The highest BCUT2D eigenvalue weighted by atomic mass is 32.2. The van der Waals surface area contributed by atoms with E-state index in [-0.39, 0.29) is 6.04 Å². The van der Waals surface area contributed by atoms with Gasteiger partial charge >= 0.3 is 0 Å².